The molecule has 7 heteroatoms. The van der Waals surface area contributed by atoms with Crippen LogP contribution in [0.5, 0.6) is 0 Å². The molecule has 1 aliphatic heterocycles. The first-order chi connectivity index (χ1) is 10.1. The fourth-order valence-corrected chi connectivity index (χ4v) is 2.75. The third-order valence-corrected chi connectivity index (χ3v) is 4.08. The molecule has 0 unspecified atom stereocenters. The van der Waals surface area contributed by atoms with Crippen molar-refractivity contribution in [2.75, 3.05) is 17.3 Å². The standard InChI is InChI=1S/C14H16N6O/c1-19-7-10-11(17-18-20(10)2)9-5-6-15-13(12(9)19)16-14(21)8-3-4-8/h5-6,8H,3-4,7H2,1-2H3,(H,15,16,21). The van der Waals surface area contributed by atoms with Crippen molar-refractivity contribution in [3.63, 3.8) is 0 Å². The minimum absolute atomic E-state index is 0.0641. The number of carbonyl (C=O) groups excluding carboxylic acids is 1. The number of pyridine rings is 1. The molecule has 21 heavy (non-hydrogen) atoms. The zero-order valence-corrected chi connectivity index (χ0v) is 12.0. The fourth-order valence-electron chi connectivity index (χ4n) is 2.75. The minimum Gasteiger partial charge on any atom is -0.365 e. The van der Waals surface area contributed by atoms with E-state index in [0.29, 0.717) is 12.4 Å². The van der Waals surface area contributed by atoms with E-state index in [9.17, 15) is 4.79 Å². The van der Waals surface area contributed by atoms with Crippen LogP contribution in [0.3, 0.4) is 0 Å². The lowest BCUT2D eigenvalue weighted by Gasteiger charge is -2.28. The lowest BCUT2D eigenvalue weighted by atomic mass is 10.0. The molecule has 0 saturated heterocycles. The molecule has 1 saturated carbocycles. The van der Waals surface area contributed by atoms with E-state index in [-0.39, 0.29) is 11.8 Å². The molecule has 0 aromatic carbocycles. The van der Waals surface area contributed by atoms with Crippen LogP contribution in [0.25, 0.3) is 11.3 Å². The second-order valence-electron chi connectivity index (χ2n) is 5.68. The molecule has 2 aromatic heterocycles. The van der Waals surface area contributed by atoms with Gasteiger partial charge in [0.1, 0.15) is 5.69 Å². The van der Waals surface area contributed by atoms with E-state index in [1.54, 1.807) is 10.9 Å². The number of fused-ring (bicyclic) bond motifs is 3. The predicted octanol–water partition coefficient (Wildman–Crippen LogP) is 1.18. The summed E-state index contributed by atoms with van der Waals surface area (Å²) >= 11 is 0. The van der Waals surface area contributed by atoms with Gasteiger partial charge in [-0.2, -0.15) is 0 Å². The van der Waals surface area contributed by atoms with Gasteiger partial charge in [-0.1, -0.05) is 5.21 Å². The highest BCUT2D eigenvalue weighted by atomic mass is 16.2. The van der Waals surface area contributed by atoms with Gasteiger partial charge in [0.15, 0.2) is 5.82 Å². The molecular weight excluding hydrogens is 268 g/mol. The van der Waals surface area contributed by atoms with Crippen LogP contribution in [0, 0.1) is 5.92 Å². The Morgan fingerprint density at radius 2 is 2.19 bits per heavy atom. The molecule has 0 spiro atoms. The monoisotopic (exact) mass is 284 g/mol. The zero-order chi connectivity index (χ0) is 14.6. The van der Waals surface area contributed by atoms with Gasteiger partial charge in [-0.05, 0) is 18.9 Å². The van der Waals surface area contributed by atoms with Crippen LogP contribution in [0.1, 0.15) is 18.5 Å². The number of carbonyl (C=O) groups is 1. The van der Waals surface area contributed by atoms with E-state index in [1.165, 1.54) is 0 Å². The van der Waals surface area contributed by atoms with Crippen LogP contribution >= 0.6 is 0 Å². The van der Waals surface area contributed by atoms with Crippen molar-refractivity contribution < 1.29 is 4.79 Å². The van der Waals surface area contributed by atoms with Crippen LogP contribution < -0.4 is 10.2 Å². The van der Waals surface area contributed by atoms with E-state index in [1.807, 2.05) is 20.2 Å². The van der Waals surface area contributed by atoms with Crippen molar-refractivity contribution >= 4 is 17.4 Å². The Morgan fingerprint density at radius 3 is 2.95 bits per heavy atom. The van der Waals surface area contributed by atoms with Crippen molar-refractivity contribution in [1.82, 2.24) is 20.0 Å². The SMILES string of the molecule is CN1Cc2c(nnn2C)-c2ccnc(NC(=O)C3CC3)c21. The molecule has 3 heterocycles. The van der Waals surface area contributed by atoms with E-state index in [4.69, 9.17) is 0 Å². The summed E-state index contributed by atoms with van der Waals surface area (Å²) < 4.78 is 1.79. The van der Waals surface area contributed by atoms with Gasteiger partial charge in [-0.15, -0.1) is 5.10 Å². The second kappa shape index (κ2) is 4.28. The molecule has 0 bridgehead atoms. The maximum absolute atomic E-state index is 12.0. The average molecular weight is 284 g/mol. The molecule has 1 amide bonds. The number of anilines is 2. The lowest BCUT2D eigenvalue weighted by molar-refractivity contribution is -0.117. The summed E-state index contributed by atoms with van der Waals surface area (Å²) in [7, 11) is 3.88. The quantitative estimate of drug-likeness (QED) is 0.896. The van der Waals surface area contributed by atoms with Gasteiger partial charge in [0.2, 0.25) is 5.91 Å². The van der Waals surface area contributed by atoms with Crippen molar-refractivity contribution in [1.29, 1.82) is 0 Å². The topological polar surface area (TPSA) is 75.9 Å². The Bertz CT molecular complexity index is 733. The second-order valence-corrected chi connectivity index (χ2v) is 5.68. The molecular formula is C14H16N6O. The number of hydrogen-bond acceptors (Lipinski definition) is 5. The summed E-state index contributed by atoms with van der Waals surface area (Å²) in [5, 5.41) is 11.3. The van der Waals surface area contributed by atoms with Gasteiger partial charge in [0.25, 0.3) is 0 Å². The van der Waals surface area contributed by atoms with E-state index < -0.39 is 0 Å². The van der Waals surface area contributed by atoms with E-state index in [2.05, 4.69) is 25.5 Å². The largest absolute Gasteiger partial charge is 0.365 e. The molecule has 0 radical (unpaired) electrons. The van der Waals surface area contributed by atoms with Crippen LogP contribution in [0.4, 0.5) is 11.5 Å². The third-order valence-electron chi connectivity index (χ3n) is 4.08. The van der Waals surface area contributed by atoms with Gasteiger partial charge in [-0.3, -0.25) is 4.79 Å². The summed E-state index contributed by atoms with van der Waals surface area (Å²) in [5.41, 5.74) is 3.82. The lowest BCUT2D eigenvalue weighted by Crippen LogP contribution is -2.26. The summed E-state index contributed by atoms with van der Waals surface area (Å²) in [6.45, 7) is 0.698. The van der Waals surface area contributed by atoms with E-state index >= 15 is 0 Å². The summed E-state index contributed by atoms with van der Waals surface area (Å²) in [6.07, 6.45) is 3.66. The number of rotatable bonds is 2. The maximum atomic E-state index is 12.0. The minimum atomic E-state index is 0.0641. The molecule has 0 atom stereocenters. The number of hydrogen-bond donors (Lipinski definition) is 1. The van der Waals surface area contributed by atoms with Crippen LogP contribution in [-0.4, -0.2) is 32.9 Å². The van der Waals surface area contributed by atoms with Crippen LogP contribution in [0.15, 0.2) is 12.3 Å². The third kappa shape index (κ3) is 1.88. The number of amides is 1. The molecule has 2 aliphatic rings. The zero-order valence-electron chi connectivity index (χ0n) is 12.0. The van der Waals surface area contributed by atoms with Gasteiger partial charge in [0.05, 0.1) is 17.9 Å². The number of aromatic nitrogens is 4. The van der Waals surface area contributed by atoms with Crippen molar-refractivity contribution in [2.24, 2.45) is 13.0 Å². The highest BCUT2D eigenvalue weighted by Crippen LogP contribution is 2.41. The Hall–Kier alpha value is -2.44. The smallest absolute Gasteiger partial charge is 0.228 e. The van der Waals surface area contributed by atoms with Gasteiger partial charge in [0, 0.05) is 31.8 Å². The number of nitrogens with zero attached hydrogens (tertiary/aromatic N) is 5. The molecule has 108 valence electrons. The van der Waals surface area contributed by atoms with Crippen LogP contribution in [-0.2, 0) is 18.4 Å². The first kappa shape index (κ1) is 12.3. The van der Waals surface area contributed by atoms with Crippen molar-refractivity contribution in [3.05, 3.63) is 18.0 Å². The van der Waals surface area contributed by atoms with Gasteiger partial charge < -0.3 is 10.2 Å². The molecule has 1 N–H and O–H groups in total. The van der Waals surface area contributed by atoms with Gasteiger partial charge >= 0.3 is 0 Å². The molecule has 7 nitrogen and oxygen atoms in total. The van der Waals surface area contributed by atoms with Crippen LogP contribution in [0.2, 0.25) is 0 Å². The predicted molar refractivity (Wildman–Crippen MR) is 77.7 cm³/mol. The Balaban J connectivity index is 1.80. The molecule has 2 aromatic rings. The first-order valence-corrected chi connectivity index (χ1v) is 7.05. The Morgan fingerprint density at radius 1 is 1.38 bits per heavy atom. The normalized spacial score (nSPS) is 16.4. The summed E-state index contributed by atoms with van der Waals surface area (Å²) in [5.74, 6) is 0.834. The average Bonchev–Trinajstić information content (AvgIpc) is 3.25. The van der Waals surface area contributed by atoms with Gasteiger partial charge in [-0.25, -0.2) is 9.67 Å². The molecule has 1 fully saturated rings. The fraction of sp³-hybridized carbons (Fsp3) is 0.429. The van der Waals surface area contributed by atoms with E-state index in [0.717, 1.165) is 35.5 Å². The maximum Gasteiger partial charge on any atom is 0.228 e. The van der Waals surface area contributed by atoms with Crippen molar-refractivity contribution in [2.45, 2.75) is 19.4 Å². The Labute approximate surface area is 122 Å². The first-order valence-electron chi connectivity index (χ1n) is 7.05. The highest BCUT2D eigenvalue weighted by molar-refractivity contribution is 5.99. The summed E-state index contributed by atoms with van der Waals surface area (Å²) in [6, 6.07) is 1.92. The van der Waals surface area contributed by atoms with Crippen molar-refractivity contribution in [3.8, 4) is 11.3 Å². The summed E-state index contributed by atoms with van der Waals surface area (Å²) in [4.78, 5) is 18.4. The highest BCUT2D eigenvalue weighted by Gasteiger charge is 2.32. The number of aryl methyl sites for hydroxylation is 1. The Kier molecular flexibility index (Phi) is 2.51. The molecule has 1 aliphatic carbocycles. The number of nitrogens with one attached hydrogen (secondary N) is 1. The molecule has 4 rings (SSSR count).